The summed E-state index contributed by atoms with van der Waals surface area (Å²) >= 11 is 0. The van der Waals surface area contributed by atoms with Gasteiger partial charge in [0.15, 0.2) is 0 Å². The van der Waals surface area contributed by atoms with Crippen LogP contribution in [0.3, 0.4) is 0 Å². The molecule has 3 saturated carbocycles. The Labute approximate surface area is 130 Å². The second-order valence-corrected chi connectivity index (χ2v) is 7.95. The van der Waals surface area contributed by atoms with Crippen molar-refractivity contribution in [3.63, 3.8) is 0 Å². The zero-order chi connectivity index (χ0) is 15.1. The van der Waals surface area contributed by atoms with Crippen LogP contribution in [-0.4, -0.2) is 10.7 Å². The first-order valence-electron chi connectivity index (χ1n) is 9.09. The lowest BCUT2D eigenvalue weighted by molar-refractivity contribution is -0.115. The summed E-state index contributed by atoms with van der Waals surface area (Å²) in [5, 5.41) is 11.3. The molecule has 118 valence electrons. The van der Waals surface area contributed by atoms with Crippen LogP contribution >= 0.6 is 0 Å². The monoisotopic (exact) mass is 288 g/mol. The molecule has 0 aromatic carbocycles. The maximum atomic E-state index is 11.3. The Bertz CT molecular complexity index is 460. The van der Waals surface area contributed by atoms with Crippen molar-refractivity contribution in [3.05, 3.63) is 23.3 Å². The predicted octanol–water partition coefficient (Wildman–Crippen LogP) is 5.40. The zero-order valence-corrected chi connectivity index (χ0v) is 14.1. The average molecular weight is 288 g/mol. The van der Waals surface area contributed by atoms with Crippen molar-refractivity contribution < 1.29 is 5.11 Å². The van der Waals surface area contributed by atoms with Gasteiger partial charge >= 0.3 is 0 Å². The first kappa shape index (κ1) is 15.3. The van der Waals surface area contributed by atoms with Crippen molar-refractivity contribution in [2.24, 2.45) is 17.3 Å². The molecule has 3 rings (SSSR count). The highest BCUT2D eigenvalue weighted by molar-refractivity contribution is 5.26. The SMILES string of the molecule is C/C=C1/CCC2C3CC/C(=C/CCC)C3(C)CC[C@]2(O)C1. The Balaban J connectivity index is 1.86. The van der Waals surface area contributed by atoms with E-state index in [9.17, 15) is 5.11 Å². The minimum absolute atomic E-state index is 0.388. The summed E-state index contributed by atoms with van der Waals surface area (Å²) in [5.41, 5.74) is 3.19. The molecule has 0 spiro atoms. The Morgan fingerprint density at radius 1 is 1.19 bits per heavy atom. The summed E-state index contributed by atoms with van der Waals surface area (Å²) in [5.74, 6) is 1.25. The third kappa shape index (κ3) is 2.42. The average Bonchev–Trinajstić information content (AvgIpc) is 2.81. The topological polar surface area (TPSA) is 20.2 Å². The van der Waals surface area contributed by atoms with Gasteiger partial charge in [-0.2, -0.15) is 0 Å². The zero-order valence-electron chi connectivity index (χ0n) is 14.1. The Kier molecular flexibility index (Phi) is 4.07. The van der Waals surface area contributed by atoms with E-state index in [2.05, 4.69) is 32.9 Å². The molecule has 0 heterocycles. The molecule has 0 saturated heterocycles. The Morgan fingerprint density at radius 2 is 1.95 bits per heavy atom. The van der Waals surface area contributed by atoms with Gasteiger partial charge in [0.2, 0.25) is 0 Å². The van der Waals surface area contributed by atoms with Gasteiger partial charge in [0.05, 0.1) is 5.60 Å². The molecule has 0 radical (unpaired) electrons. The number of rotatable bonds is 2. The fourth-order valence-corrected chi connectivity index (χ4v) is 5.59. The second-order valence-electron chi connectivity index (χ2n) is 7.95. The van der Waals surface area contributed by atoms with Gasteiger partial charge < -0.3 is 5.11 Å². The third-order valence-electron chi connectivity index (χ3n) is 6.93. The van der Waals surface area contributed by atoms with E-state index in [0.717, 1.165) is 18.8 Å². The van der Waals surface area contributed by atoms with Crippen molar-refractivity contribution in [1.82, 2.24) is 0 Å². The van der Waals surface area contributed by atoms with E-state index in [1.165, 1.54) is 50.5 Å². The highest BCUT2D eigenvalue weighted by Crippen LogP contribution is 2.62. The molecule has 1 N–H and O–H groups in total. The Hall–Kier alpha value is -0.560. The second kappa shape index (κ2) is 5.57. The van der Waals surface area contributed by atoms with Crippen molar-refractivity contribution in [2.75, 3.05) is 0 Å². The van der Waals surface area contributed by atoms with Crippen LogP contribution in [0.15, 0.2) is 23.3 Å². The van der Waals surface area contributed by atoms with Crippen LogP contribution < -0.4 is 0 Å². The predicted molar refractivity (Wildman–Crippen MR) is 89.1 cm³/mol. The largest absolute Gasteiger partial charge is 0.389 e. The van der Waals surface area contributed by atoms with E-state index in [1.54, 1.807) is 5.57 Å². The molecule has 3 unspecified atom stereocenters. The van der Waals surface area contributed by atoms with E-state index in [0.29, 0.717) is 11.3 Å². The number of unbranched alkanes of at least 4 members (excludes halogenated alkanes) is 1. The first-order chi connectivity index (χ1) is 10.0. The smallest absolute Gasteiger partial charge is 0.0716 e. The molecule has 3 aliphatic carbocycles. The van der Waals surface area contributed by atoms with Crippen molar-refractivity contribution in [1.29, 1.82) is 0 Å². The van der Waals surface area contributed by atoms with Crippen LogP contribution in [0.1, 0.15) is 78.6 Å². The minimum Gasteiger partial charge on any atom is -0.389 e. The molecule has 1 nitrogen and oxygen atoms in total. The van der Waals surface area contributed by atoms with Crippen LogP contribution in [0, 0.1) is 17.3 Å². The highest BCUT2D eigenvalue weighted by atomic mass is 16.3. The fourth-order valence-electron chi connectivity index (χ4n) is 5.59. The molecule has 3 aliphatic rings. The lowest BCUT2D eigenvalue weighted by Crippen LogP contribution is -2.52. The van der Waals surface area contributed by atoms with Crippen LogP contribution in [0.4, 0.5) is 0 Å². The molecule has 0 aromatic heterocycles. The molecule has 0 amide bonds. The summed E-state index contributed by atoms with van der Waals surface area (Å²) < 4.78 is 0. The van der Waals surface area contributed by atoms with E-state index >= 15 is 0 Å². The molecule has 0 aromatic rings. The van der Waals surface area contributed by atoms with Gasteiger partial charge in [-0.3, -0.25) is 0 Å². The van der Waals surface area contributed by atoms with Gasteiger partial charge in [0.25, 0.3) is 0 Å². The number of allylic oxidation sites excluding steroid dienone is 3. The highest BCUT2D eigenvalue weighted by Gasteiger charge is 2.57. The fraction of sp³-hybridized carbons (Fsp3) is 0.800. The summed E-state index contributed by atoms with van der Waals surface area (Å²) in [4.78, 5) is 0. The maximum Gasteiger partial charge on any atom is 0.0716 e. The van der Waals surface area contributed by atoms with Crippen LogP contribution in [-0.2, 0) is 0 Å². The maximum absolute atomic E-state index is 11.3. The standard InChI is InChI=1S/C20H32O/c1-4-6-7-16-9-11-17-18-10-8-15(5-2)14-20(18,21)13-12-19(16,17)3/h5,7,17-18,21H,4,6,8-14H2,1-3H3/b15-5-,16-7-/t17?,18?,19?,20-/m0/s1. The molecule has 0 bridgehead atoms. The summed E-state index contributed by atoms with van der Waals surface area (Å²) in [7, 11) is 0. The lowest BCUT2D eigenvalue weighted by atomic mass is 9.53. The summed E-state index contributed by atoms with van der Waals surface area (Å²) in [6.45, 7) is 6.90. The van der Waals surface area contributed by atoms with E-state index in [4.69, 9.17) is 0 Å². The molecule has 3 fully saturated rings. The third-order valence-corrected chi connectivity index (χ3v) is 6.93. The van der Waals surface area contributed by atoms with Gasteiger partial charge in [0, 0.05) is 0 Å². The molecule has 0 aliphatic heterocycles. The van der Waals surface area contributed by atoms with Crippen LogP contribution in [0.2, 0.25) is 0 Å². The molecule has 1 heteroatoms. The summed E-state index contributed by atoms with van der Waals surface area (Å²) in [6, 6.07) is 0. The molecule has 4 atom stereocenters. The van der Waals surface area contributed by atoms with Crippen molar-refractivity contribution in [3.8, 4) is 0 Å². The molecular formula is C20H32O. The van der Waals surface area contributed by atoms with Gasteiger partial charge in [-0.25, -0.2) is 0 Å². The lowest BCUT2D eigenvalue weighted by Gasteiger charge is -2.54. The number of fused-ring (bicyclic) bond motifs is 3. The number of aliphatic hydroxyl groups is 1. The van der Waals surface area contributed by atoms with Crippen LogP contribution in [0.25, 0.3) is 0 Å². The number of hydrogen-bond donors (Lipinski definition) is 1. The summed E-state index contributed by atoms with van der Waals surface area (Å²) in [6.07, 6.45) is 15.4. The van der Waals surface area contributed by atoms with E-state index in [1.807, 2.05) is 0 Å². The Morgan fingerprint density at radius 3 is 2.67 bits per heavy atom. The molecular weight excluding hydrogens is 256 g/mol. The quantitative estimate of drug-likeness (QED) is 0.674. The van der Waals surface area contributed by atoms with E-state index < -0.39 is 5.60 Å². The normalized spacial score (nSPS) is 46.7. The van der Waals surface area contributed by atoms with Crippen LogP contribution in [0.5, 0.6) is 0 Å². The van der Waals surface area contributed by atoms with Gasteiger partial charge in [-0.1, -0.05) is 43.6 Å². The van der Waals surface area contributed by atoms with Crippen molar-refractivity contribution >= 4 is 0 Å². The number of hydrogen-bond acceptors (Lipinski definition) is 1. The molecule has 21 heavy (non-hydrogen) atoms. The van der Waals surface area contributed by atoms with Gasteiger partial charge in [0.1, 0.15) is 0 Å². The van der Waals surface area contributed by atoms with Gasteiger partial charge in [-0.05, 0) is 75.5 Å². The van der Waals surface area contributed by atoms with Crippen molar-refractivity contribution in [2.45, 2.75) is 84.2 Å². The first-order valence-corrected chi connectivity index (χ1v) is 9.09. The van der Waals surface area contributed by atoms with Gasteiger partial charge in [-0.15, -0.1) is 0 Å². The minimum atomic E-state index is -0.398. The van der Waals surface area contributed by atoms with E-state index in [-0.39, 0.29) is 0 Å².